The van der Waals surface area contributed by atoms with E-state index in [1.807, 2.05) is 19.4 Å². The van der Waals surface area contributed by atoms with Gasteiger partial charge in [0.25, 0.3) is 0 Å². The summed E-state index contributed by atoms with van der Waals surface area (Å²) in [6.45, 7) is 4.87. The van der Waals surface area contributed by atoms with Crippen LogP contribution < -0.4 is 10.6 Å². The first-order valence-electron chi connectivity index (χ1n) is 7.85. The molecule has 0 aromatic carbocycles. The van der Waals surface area contributed by atoms with Crippen LogP contribution in [0.1, 0.15) is 18.4 Å². The van der Waals surface area contributed by atoms with Gasteiger partial charge in [-0.1, -0.05) is 0 Å². The highest BCUT2D eigenvalue weighted by Gasteiger charge is 2.15. The van der Waals surface area contributed by atoms with Gasteiger partial charge < -0.3 is 20.1 Å². The molecule has 1 aliphatic heterocycles. The van der Waals surface area contributed by atoms with Crippen LogP contribution in [0.15, 0.2) is 17.4 Å². The molecule has 0 saturated carbocycles. The van der Waals surface area contributed by atoms with Gasteiger partial charge in [-0.05, 0) is 12.8 Å². The molecule has 1 saturated heterocycles. The molecule has 2 rings (SSSR count). The topological polar surface area (TPSA) is 72.7 Å². The minimum absolute atomic E-state index is 0.585. The molecule has 1 unspecified atom stereocenters. The van der Waals surface area contributed by atoms with Crippen molar-refractivity contribution in [1.82, 2.24) is 20.4 Å². The van der Waals surface area contributed by atoms with Crippen molar-refractivity contribution >= 4 is 5.96 Å². The predicted octanol–water partition coefficient (Wildman–Crippen LogP) is 0.528. The molecule has 1 aromatic rings. The minimum atomic E-state index is 0.585. The second kappa shape index (κ2) is 9.42. The van der Waals surface area contributed by atoms with E-state index in [0.29, 0.717) is 12.5 Å². The fourth-order valence-electron chi connectivity index (χ4n) is 2.32. The molecule has 7 heteroatoms. The minimum Gasteiger partial charge on any atom is -0.381 e. The van der Waals surface area contributed by atoms with Gasteiger partial charge in [0.15, 0.2) is 5.96 Å². The molecule has 1 aliphatic rings. The second-order valence-corrected chi connectivity index (χ2v) is 5.53. The van der Waals surface area contributed by atoms with E-state index in [2.05, 4.69) is 20.7 Å². The third kappa shape index (κ3) is 6.03. The van der Waals surface area contributed by atoms with Gasteiger partial charge in [-0.25, -0.2) is 0 Å². The molecule has 0 bridgehead atoms. The van der Waals surface area contributed by atoms with Crippen LogP contribution in [-0.4, -0.2) is 55.8 Å². The Morgan fingerprint density at radius 1 is 1.55 bits per heavy atom. The summed E-state index contributed by atoms with van der Waals surface area (Å²) in [6, 6.07) is 0. The maximum atomic E-state index is 5.67. The number of nitrogens with zero attached hydrogens (tertiary/aromatic N) is 3. The van der Waals surface area contributed by atoms with Crippen LogP contribution in [-0.2, 0) is 23.1 Å². The predicted molar refractivity (Wildman–Crippen MR) is 85.8 cm³/mol. The number of ether oxygens (including phenoxy) is 2. The van der Waals surface area contributed by atoms with Crippen molar-refractivity contribution in [2.75, 3.05) is 40.0 Å². The number of rotatable bonds is 8. The van der Waals surface area contributed by atoms with Gasteiger partial charge in [0, 0.05) is 58.1 Å². The summed E-state index contributed by atoms with van der Waals surface area (Å²) in [4.78, 5) is 4.20. The Bertz CT molecular complexity index is 455. The van der Waals surface area contributed by atoms with Crippen molar-refractivity contribution in [2.45, 2.75) is 19.4 Å². The van der Waals surface area contributed by atoms with E-state index in [0.717, 1.165) is 57.3 Å². The van der Waals surface area contributed by atoms with Crippen molar-refractivity contribution < 1.29 is 9.47 Å². The fourth-order valence-corrected chi connectivity index (χ4v) is 2.32. The zero-order valence-electron chi connectivity index (χ0n) is 13.5. The lowest BCUT2D eigenvalue weighted by Crippen LogP contribution is -2.37. The normalized spacial score (nSPS) is 18.6. The number of hydrogen-bond acceptors (Lipinski definition) is 4. The van der Waals surface area contributed by atoms with Crippen LogP contribution in [0.3, 0.4) is 0 Å². The molecule has 0 spiro atoms. The Balaban J connectivity index is 1.50. The van der Waals surface area contributed by atoms with Crippen molar-refractivity contribution in [2.24, 2.45) is 18.0 Å². The van der Waals surface area contributed by atoms with Crippen LogP contribution >= 0.6 is 0 Å². The quantitative estimate of drug-likeness (QED) is 0.416. The van der Waals surface area contributed by atoms with E-state index in [9.17, 15) is 0 Å². The largest absolute Gasteiger partial charge is 0.381 e. The van der Waals surface area contributed by atoms with Crippen molar-refractivity contribution in [3.05, 3.63) is 18.0 Å². The summed E-state index contributed by atoms with van der Waals surface area (Å²) < 4.78 is 12.8. The highest BCUT2D eigenvalue weighted by molar-refractivity contribution is 5.79. The summed E-state index contributed by atoms with van der Waals surface area (Å²) >= 11 is 0. The fraction of sp³-hybridized carbons (Fsp3) is 0.733. The van der Waals surface area contributed by atoms with E-state index in [1.165, 1.54) is 0 Å². The number of aromatic nitrogens is 2. The van der Waals surface area contributed by atoms with Crippen LogP contribution in [0.25, 0.3) is 0 Å². The molecule has 1 atom stereocenters. The Morgan fingerprint density at radius 3 is 3.14 bits per heavy atom. The maximum absolute atomic E-state index is 5.67. The number of nitrogens with one attached hydrogen (secondary N) is 2. The van der Waals surface area contributed by atoms with Crippen molar-refractivity contribution in [1.29, 1.82) is 0 Å². The van der Waals surface area contributed by atoms with Crippen molar-refractivity contribution in [3.8, 4) is 0 Å². The molecule has 1 aromatic heterocycles. The zero-order valence-corrected chi connectivity index (χ0v) is 13.5. The van der Waals surface area contributed by atoms with E-state index in [1.54, 1.807) is 11.7 Å². The van der Waals surface area contributed by atoms with E-state index < -0.39 is 0 Å². The molecule has 0 radical (unpaired) electrons. The second-order valence-electron chi connectivity index (χ2n) is 5.53. The molecule has 22 heavy (non-hydrogen) atoms. The monoisotopic (exact) mass is 309 g/mol. The first kappa shape index (κ1) is 16.8. The lowest BCUT2D eigenvalue weighted by molar-refractivity contribution is 0.0888. The van der Waals surface area contributed by atoms with Gasteiger partial charge in [-0.3, -0.25) is 9.67 Å². The molecule has 1 fully saturated rings. The summed E-state index contributed by atoms with van der Waals surface area (Å²) in [5.41, 5.74) is 1.13. The van der Waals surface area contributed by atoms with Gasteiger partial charge >= 0.3 is 0 Å². The smallest absolute Gasteiger partial charge is 0.191 e. The summed E-state index contributed by atoms with van der Waals surface area (Å²) in [6.07, 6.45) is 5.92. The van der Waals surface area contributed by atoms with Crippen LogP contribution in [0.4, 0.5) is 0 Å². The maximum Gasteiger partial charge on any atom is 0.191 e. The Morgan fingerprint density at radius 2 is 2.45 bits per heavy atom. The van der Waals surface area contributed by atoms with E-state index in [4.69, 9.17) is 9.47 Å². The third-order valence-corrected chi connectivity index (χ3v) is 3.58. The molecule has 0 amide bonds. The Kier molecular flexibility index (Phi) is 7.18. The first-order chi connectivity index (χ1) is 10.8. The SMILES string of the molecule is CN=C(NCCCOCC1CCOC1)NCc1cnn(C)c1. The van der Waals surface area contributed by atoms with Gasteiger partial charge in [-0.15, -0.1) is 0 Å². The molecule has 0 aliphatic carbocycles. The lowest BCUT2D eigenvalue weighted by Gasteiger charge is -2.12. The standard InChI is InChI=1S/C15H27N5O2/c1-16-15(18-8-14-9-19-20(2)10-14)17-5-3-6-21-11-13-4-7-22-12-13/h9-10,13H,3-8,11-12H2,1-2H3,(H2,16,17,18). The molecule has 2 heterocycles. The van der Waals surface area contributed by atoms with Gasteiger partial charge in [-0.2, -0.15) is 5.10 Å². The van der Waals surface area contributed by atoms with Gasteiger partial charge in [0.05, 0.1) is 19.4 Å². The molecular weight excluding hydrogens is 282 g/mol. The molecule has 124 valence electrons. The number of hydrogen-bond donors (Lipinski definition) is 2. The lowest BCUT2D eigenvalue weighted by atomic mass is 10.1. The molecule has 7 nitrogen and oxygen atoms in total. The Hall–Kier alpha value is -1.60. The van der Waals surface area contributed by atoms with Crippen LogP contribution in [0.5, 0.6) is 0 Å². The summed E-state index contributed by atoms with van der Waals surface area (Å²) in [5.74, 6) is 1.38. The van der Waals surface area contributed by atoms with Crippen LogP contribution in [0, 0.1) is 5.92 Å². The molecular formula is C15H27N5O2. The highest BCUT2D eigenvalue weighted by Crippen LogP contribution is 2.12. The van der Waals surface area contributed by atoms with Crippen molar-refractivity contribution in [3.63, 3.8) is 0 Å². The highest BCUT2D eigenvalue weighted by atomic mass is 16.5. The first-order valence-corrected chi connectivity index (χ1v) is 7.85. The van der Waals surface area contributed by atoms with E-state index >= 15 is 0 Å². The van der Waals surface area contributed by atoms with E-state index in [-0.39, 0.29) is 0 Å². The summed E-state index contributed by atoms with van der Waals surface area (Å²) in [7, 11) is 3.68. The average Bonchev–Trinajstić information content (AvgIpc) is 3.17. The molecule has 2 N–H and O–H groups in total. The number of guanidine groups is 1. The zero-order chi connectivity index (χ0) is 15.6. The van der Waals surface area contributed by atoms with Gasteiger partial charge in [0.1, 0.15) is 0 Å². The number of aliphatic imine (C=N–C) groups is 1. The average molecular weight is 309 g/mol. The number of aryl methyl sites for hydroxylation is 1. The van der Waals surface area contributed by atoms with Crippen LogP contribution in [0.2, 0.25) is 0 Å². The Labute approximate surface area is 132 Å². The third-order valence-electron chi connectivity index (χ3n) is 3.58. The summed E-state index contributed by atoms with van der Waals surface area (Å²) in [5, 5.41) is 10.7. The van der Waals surface area contributed by atoms with Gasteiger partial charge in [0.2, 0.25) is 0 Å².